The van der Waals surface area contributed by atoms with Gasteiger partial charge in [0.05, 0.1) is 18.5 Å². The highest BCUT2D eigenvalue weighted by Crippen LogP contribution is 2.32. The number of anilines is 2. The summed E-state index contributed by atoms with van der Waals surface area (Å²) in [5.41, 5.74) is 5.04. The lowest BCUT2D eigenvalue weighted by atomic mass is 10.2. The number of benzene rings is 2. The summed E-state index contributed by atoms with van der Waals surface area (Å²) in [7, 11) is 0. The number of aryl methyl sites for hydroxylation is 2. The molecule has 8 nitrogen and oxygen atoms in total. The summed E-state index contributed by atoms with van der Waals surface area (Å²) in [5.74, 6) is 2.08. The Balaban J connectivity index is 0.00000158. The Kier molecular flexibility index (Phi) is 8.45. The Hall–Kier alpha value is -4.07. The van der Waals surface area contributed by atoms with E-state index in [0.717, 1.165) is 34.0 Å². The van der Waals surface area contributed by atoms with Crippen molar-refractivity contribution in [2.75, 3.05) is 11.9 Å². The number of fused-ring (bicyclic) bond motifs is 1. The van der Waals surface area contributed by atoms with Crippen LogP contribution in [0, 0.1) is 13.8 Å². The van der Waals surface area contributed by atoms with E-state index in [1.165, 1.54) is 6.33 Å². The van der Waals surface area contributed by atoms with Crippen LogP contribution in [0.15, 0.2) is 53.9 Å². The first-order valence-corrected chi connectivity index (χ1v) is 11.3. The van der Waals surface area contributed by atoms with E-state index < -0.39 is 0 Å². The predicted molar refractivity (Wildman–Crippen MR) is 137 cm³/mol. The van der Waals surface area contributed by atoms with Gasteiger partial charge in [-0.3, -0.25) is 4.99 Å². The van der Waals surface area contributed by atoms with Gasteiger partial charge in [-0.15, -0.1) is 0 Å². The predicted octanol–water partition coefficient (Wildman–Crippen LogP) is 6.72. The van der Waals surface area contributed by atoms with Crippen molar-refractivity contribution in [3.63, 3.8) is 0 Å². The molecule has 0 fully saturated rings. The second kappa shape index (κ2) is 11.7. The highest BCUT2D eigenvalue weighted by molar-refractivity contribution is 5.86. The molecule has 0 atom stereocenters. The number of nitrogens with zero attached hydrogens (tertiary/aromatic N) is 5. The molecule has 2 aromatic carbocycles. The molecule has 34 heavy (non-hydrogen) atoms. The van der Waals surface area contributed by atoms with Crippen LogP contribution in [0.25, 0.3) is 11.0 Å². The molecule has 0 bridgehead atoms. The maximum absolute atomic E-state index is 6.10. The topological polar surface area (TPSA) is 94.4 Å². The minimum Gasteiger partial charge on any atom is -0.464 e. The highest BCUT2D eigenvalue weighted by Gasteiger charge is 2.10. The molecule has 0 unspecified atom stereocenters. The minimum atomic E-state index is 0.294. The lowest BCUT2D eigenvalue weighted by molar-refractivity contribution is 0.314. The van der Waals surface area contributed by atoms with Gasteiger partial charge >= 0.3 is 6.01 Å². The molecule has 0 aliphatic carbocycles. The Bertz CT molecular complexity index is 1290. The van der Waals surface area contributed by atoms with Gasteiger partial charge in [0, 0.05) is 18.0 Å². The molecule has 4 rings (SSSR count). The van der Waals surface area contributed by atoms with Gasteiger partial charge in [0.2, 0.25) is 0 Å². The quantitative estimate of drug-likeness (QED) is 0.307. The molecule has 0 saturated carbocycles. The average Bonchev–Trinajstić information content (AvgIpc) is 2.85. The number of aromatic nitrogens is 4. The maximum Gasteiger partial charge on any atom is 0.317 e. The van der Waals surface area contributed by atoms with Gasteiger partial charge in [0.15, 0.2) is 5.82 Å². The lowest BCUT2D eigenvalue weighted by Gasteiger charge is -2.13. The summed E-state index contributed by atoms with van der Waals surface area (Å²) in [6.07, 6.45) is 4.88. The summed E-state index contributed by atoms with van der Waals surface area (Å²) in [4.78, 5) is 21.5. The fraction of sp³-hybridized carbons (Fsp3) is 0.269. The third-order valence-electron chi connectivity index (χ3n) is 4.74. The second-order valence-corrected chi connectivity index (χ2v) is 7.08. The number of hydrogen-bond donors (Lipinski definition) is 1. The molecule has 0 aliphatic heterocycles. The van der Waals surface area contributed by atoms with Crippen molar-refractivity contribution in [2.45, 2.75) is 41.5 Å². The summed E-state index contributed by atoms with van der Waals surface area (Å²) in [5, 5.41) is 3.31. The van der Waals surface area contributed by atoms with Crippen LogP contribution in [0.5, 0.6) is 17.5 Å². The van der Waals surface area contributed by atoms with Gasteiger partial charge in [-0.25, -0.2) is 15.0 Å². The van der Waals surface area contributed by atoms with E-state index in [4.69, 9.17) is 9.47 Å². The molecule has 4 aromatic rings. The summed E-state index contributed by atoms with van der Waals surface area (Å²) in [6.45, 7) is 12.3. The first-order valence-electron chi connectivity index (χ1n) is 11.3. The van der Waals surface area contributed by atoms with Crippen molar-refractivity contribution in [1.29, 1.82) is 0 Å². The maximum atomic E-state index is 6.10. The smallest absolute Gasteiger partial charge is 0.317 e. The zero-order valence-electron chi connectivity index (χ0n) is 20.5. The zero-order chi connectivity index (χ0) is 24.5. The number of hydrogen-bond acceptors (Lipinski definition) is 8. The summed E-state index contributed by atoms with van der Waals surface area (Å²) < 4.78 is 11.5. The molecule has 8 heteroatoms. The van der Waals surface area contributed by atoms with Crippen LogP contribution in [-0.2, 0) is 0 Å². The number of nitrogens with one attached hydrogen (secondary N) is 1. The number of rotatable bonds is 7. The Morgan fingerprint density at radius 3 is 2.56 bits per heavy atom. The van der Waals surface area contributed by atoms with E-state index in [1.807, 2.05) is 77.9 Å². The summed E-state index contributed by atoms with van der Waals surface area (Å²) in [6, 6.07) is 12.0. The van der Waals surface area contributed by atoms with Crippen molar-refractivity contribution in [2.24, 2.45) is 4.99 Å². The molecule has 0 spiro atoms. The fourth-order valence-corrected chi connectivity index (χ4v) is 3.16. The summed E-state index contributed by atoms with van der Waals surface area (Å²) >= 11 is 0. The first-order chi connectivity index (χ1) is 16.6. The zero-order valence-corrected chi connectivity index (χ0v) is 20.5. The van der Waals surface area contributed by atoms with Crippen LogP contribution in [-0.4, -0.2) is 32.8 Å². The Morgan fingerprint density at radius 2 is 1.82 bits per heavy atom. The standard InChI is InChI=1S/C24H24N6O2.C2H6/c1-5-25-19-12-18(9-7-15(19)3)32-21-10-8-17(11-16(21)4)29-23-22-20(27-14-28-23)13-26-24(30-22)31-6-2;1-2/h5,7-14H,6H2,1-4H3,(H,27,28,29);1-2H3. The Labute approximate surface area is 200 Å². The SMILES string of the molecule is CC.CC=Nc1cc(Oc2ccc(Nc3ncnc4cnc(OCC)nc34)cc2C)ccc1C. The molecular formula is C26H30N6O2. The number of aliphatic imine (C=N–C) groups is 1. The molecule has 0 radical (unpaired) electrons. The van der Waals surface area contributed by atoms with E-state index in [-0.39, 0.29) is 0 Å². The van der Waals surface area contributed by atoms with Crippen LogP contribution in [0.1, 0.15) is 38.8 Å². The molecule has 0 saturated heterocycles. The van der Waals surface area contributed by atoms with Crippen molar-refractivity contribution in [3.8, 4) is 17.5 Å². The van der Waals surface area contributed by atoms with Gasteiger partial charge in [0.1, 0.15) is 28.9 Å². The average molecular weight is 459 g/mol. The molecule has 0 amide bonds. The number of ether oxygens (including phenoxy) is 2. The van der Waals surface area contributed by atoms with Crippen molar-refractivity contribution < 1.29 is 9.47 Å². The van der Waals surface area contributed by atoms with Crippen LogP contribution in [0.2, 0.25) is 0 Å². The third kappa shape index (κ3) is 5.83. The van der Waals surface area contributed by atoms with Gasteiger partial charge < -0.3 is 14.8 Å². The molecule has 2 heterocycles. The molecule has 2 aromatic heterocycles. The van der Waals surface area contributed by atoms with Crippen LogP contribution in [0.3, 0.4) is 0 Å². The second-order valence-electron chi connectivity index (χ2n) is 7.08. The lowest BCUT2D eigenvalue weighted by Crippen LogP contribution is -2.02. The molecule has 0 aliphatic rings. The van der Waals surface area contributed by atoms with E-state index in [9.17, 15) is 0 Å². The van der Waals surface area contributed by atoms with Gasteiger partial charge in [0.25, 0.3) is 0 Å². The fourth-order valence-electron chi connectivity index (χ4n) is 3.16. The third-order valence-corrected chi connectivity index (χ3v) is 4.74. The van der Waals surface area contributed by atoms with Crippen LogP contribution in [0.4, 0.5) is 17.2 Å². The van der Waals surface area contributed by atoms with Crippen LogP contribution >= 0.6 is 0 Å². The largest absolute Gasteiger partial charge is 0.464 e. The minimum absolute atomic E-state index is 0.294. The van der Waals surface area contributed by atoms with E-state index in [1.54, 1.807) is 12.4 Å². The van der Waals surface area contributed by atoms with Crippen molar-refractivity contribution in [1.82, 2.24) is 19.9 Å². The van der Waals surface area contributed by atoms with E-state index in [0.29, 0.717) is 29.5 Å². The molecular weight excluding hydrogens is 428 g/mol. The van der Waals surface area contributed by atoms with Crippen LogP contribution < -0.4 is 14.8 Å². The van der Waals surface area contributed by atoms with Gasteiger partial charge in [-0.2, -0.15) is 4.98 Å². The Morgan fingerprint density at radius 1 is 1.00 bits per heavy atom. The van der Waals surface area contributed by atoms with E-state index >= 15 is 0 Å². The normalized spacial score (nSPS) is 10.6. The monoisotopic (exact) mass is 458 g/mol. The van der Waals surface area contributed by atoms with Crippen molar-refractivity contribution >= 4 is 34.4 Å². The first kappa shape index (κ1) is 24.6. The highest BCUT2D eigenvalue weighted by atomic mass is 16.5. The molecule has 1 N–H and O–H groups in total. The van der Waals surface area contributed by atoms with Gasteiger partial charge in [-0.1, -0.05) is 19.9 Å². The van der Waals surface area contributed by atoms with Gasteiger partial charge in [-0.05, 0) is 63.1 Å². The molecule has 176 valence electrons. The van der Waals surface area contributed by atoms with E-state index in [2.05, 4.69) is 30.2 Å². The van der Waals surface area contributed by atoms with Crippen molar-refractivity contribution in [3.05, 3.63) is 60.0 Å².